The first kappa shape index (κ1) is 19.5. The maximum absolute atomic E-state index is 13.5. The van der Waals surface area contributed by atoms with E-state index < -0.39 is 17.7 Å². The minimum absolute atomic E-state index is 0.0370. The normalized spacial score (nSPS) is 29.0. The van der Waals surface area contributed by atoms with Gasteiger partial charge in [-0.3, -0.25) is 9.69 Å². The second-order valence-electron chi connectivity index (χ2n) is 8.17. The van der Waals surface area contributed by atoms with Crippen molar-refractivity contribution in [3.63, 3.8) is 0 Å². The van der Waals surface area contributed by atoms with Crippen LogP contribution in [0.25, 0.3) is 0 Å². The molecule has 2 aromatic rings. The number of carbonyl (C=O) groups is 2. The molecule has 4 atom stereocenters. The van der Waals surface area contributed by atoms with Gasteiger partial charge >= 0.3 is 6.03 Å². The van der Waals surface area contributed by atoms with Crippen LogP contribution in [0, 0.1) is 11.8 Å². The molecule has 1 aliphatic carbocycles. The highest BCUT2D eigenvalue weighted by atomic mass is 16.3. The van der Waals surface area contributed by atoms with Crippen molar-refractivity contribution in [1.29, 1.82) is 0 Å². The van der Waals surface area contributed by atoms with E-state index in [9.17, 15) is 14.7 Å². The summed E-state index contributed by atoms with van der Waals surface area (Å²) in [6.45, 7) is 4.33. The molecular formula is C23H27N3O3. The summed E-state index contributed by atoms with van der Waals surface area (Å²) in [5, 5.41) is 17.7. The van der Waals surface area contributed by atoms with Crippen LogP contribution >= 0.6 is 0 Å². The van der Waals surface area contributed by atoms with Gasteiger partial charge in [0.05, 0.1) is 5.69 Å². The maximum Gasteiger partial charge on any atom is 0.329 e. The van der Waals surface area contributed by atoms with Gasteiger partial charge in [0.1, 0.15) is 0 Å². The lowest BCUT2D eigenvalue weighted by atomic mass is 9.78. The number of urea groups is 1. The monoisotopic (exact) mass is 393 g/mol. The molecule has 2 aliphatic rings. The number of hydrogen-bond donors (Lipinski definition) is 3. The molecule has 1 saturated carbocycles. The van der Waals surface area contributed by atoms with Crippen molar-refractivity contribution in [3.05, 3.63) is 60.2 Å². The molecule has 0 aromatic heterocycles. The number of nitrogens with zero attached hydrogens (tertiary/aromatic N) is 1. The number of fused-ring (bicyclic) bond motifs is 1. The first-order valence-corrected chi connectivity index (χ1v) is 10.2. The van der Waals surface area contributed by atoms with E-state index in [-0.39, 0.29) is 6.04 Å². The maximum atomic E-state index is 13.5. The van der Waals surface area contributed by atoms with E-state index >= 15 is 0 Å². The van der Waals surface area contributed by atoms with Crippen LogP contribution in [0.2, 0.25) is 0 Å². The Morgan fingerprint density at radius 2 is 1.79 bits per heavy atom. The van der Waals surface area contributed by atoms with E-state index in [1.165, 1.54) is 0 Å². The van der Waals surface area contributed by atoms with Crippen LogP contribution in [0.4, 0.5) is 16.2 Å². The second-order valence-corrected chi connectivity index (χ2v) is 8.17. The summed E-state index contributed by atoms with van der Waals surface area (Å²) in [4.78, 5) is 27.7. The van der Waals surface area contributed by atoms with Crippen molar-refractivity contribution >= 4 is 23.3 Å². The zero-order valence-corrected chi connectivity index (χ0v) is 16.8. The Hall–Kier alpha value is -2.86. The average Bonchev–Trinajstić information content (AvgIpc) is 2.72. The van der Waals surface area contributed by atoms with Crippen LogP contribution in [0.15, 0.2) is 54.6 Å². The molecule has 0 saturated heterocycles. The number of hydrogen-bond acceptors (Lipinski definition) is 3. The third-order valence-corrected chi connectivity index (χ3v) is 6.43. The van der Waals surface area contributed by atoms with Crippen LogP contribution in [0.5, 0.6) is 0 Å². The minimum Gasteiger partial charge on any atom is -0.359 e. The van der Waals surface area contributed by atoms with Crippen molar-refractivity contribution in [3.8, 4) is 0 Å². The van der Waals surface area contributed by atoms with E-state index in [2.05, 4.69) is 24.5 Å². The minimum atomic E-state index is -2.14. The van der Waals surface area contributed by atoms with Crippen molar-refractivity contribution < 1.29 is 14.7 Å². The predicted molar refractivity (Wildman–Crippen MR) is 112 cm³/mol. The highest BCUT2D eigenvalue weighted by molar-refractivity contribution is 6.11. The topological polar surface area (TPSA) is 81.7 Å². The lowest BCUT2D eigenvalue weighted by Crippen LogP contribution is -2.64. The van der Waals surface area contributed by atoms with Gasteiger partial charge in [0.15, 0.2) is 0 Å². The Morgan fingerprint density at radius 3 is 2.55 bits per heavy atom. The van der Waals surface area contributed by atoms with E-state index in [0.717, 1.165) is 24.2 Å². The summed E-state index contributed by atoms with van der Waals surface area (Å²) < 4.78 is 0. The molecule has 1 fully saturated rings. The number of anilines is 2. The van der Waals surface area contributed by atoms with Gasteiger partial charge in [0.25, 0.3) is 11.6 Å². The molecule has 0 radical (unpaired) electrons. The van der Waals surface area contributed by atoms with Gasteiger partial charge in [-0.15, -0.1) is 0 Å². The zero-order chi connectivity index (χ0) is 20.6. The molecule has 4 rings (SSSR count). The third kappa shape index (κ3) is 3.27. The Kier molecular flexibility index (Phi) is 5.04. The zero-order valence-electron chi connectivity index (χ0n) is 16.8. The molecule has 6 heteroatoms. The summed E-state index contributed by atoms with van der Waals surface area (Å²) in [6.07, 6.45) is 3.04. The average molecular weight is 393 g/mol. The molecule has 1 heterocycles. The molecule has 1 aliphatic heterocycles. The number of rotatable bonds is 3. The fourth-order valence-electron chi connectivity index (χ4n) is 4.49. The summed E-state index contributed by atoms with van der Waals surface area (Å²) in [6, 6.07) is 15.1. The van der Waals surface area contributed by atoms with E-state index in [4.69, 9.17) is 0 Å². The Balaban J connectivity index is 1.77. The van der Waals surface area contributed by atoms with Crippen molar-refractivity contribution in [1.82, 2.24) is 5.32 Å². The molecule has 3 amide bonds. The van der Waals surface area contributed by atoms with Crippen LogP contribution in [-0.4, -0.2) is 23.1 Å². The van der Waals surface area contributed by atoms with Gasteiger partial charge in [-0.1, -0.05) is 63.1 Å². The van der Waals surface area contributed by atoms with Gasteiger partial charge in [0, 0.05) is 17.3 Å². The first-order valence-electron chi connectivity index (χ1n) is 10.2. The lowest BCUT2D eigenvalue weighted by molar-refractivity contribution is -0.141. The van der Waals surface area contributed by atoms with Crippen LogP contribution in [0.1, 0.15) is 38.7 Å². The van der Waals surface area contributed by atoms with Crippen LogP contribution < -0.4 is 15.5 Å². The summed E-state index contributed by atoms with van der Waals surface area (Å²) in [5.41, 5.74) is -0.896. The molecule has 2 aromatic carbocycles. The van der Waals surface area contributed by atoms with Gasteiger partial charge < -0.3 is 15.7 Å². The molecule has 3 N–H and O–H groups in total. The molecule has 0 spiro atoms. The second kappa shape index (κ2) is 7.52. The van der Waals surface area contributed by atoms with Gasteiger partial charge in [0.2, 0.25) is 0 Å². The summed E-state index contributed by atoms with van der Waals surface area (Å²) >= 11 is 0. The quantitative estimate of drug-likeness (QED) is 0.741. The summed E-state index contributed by atoms with van der Waals surface area (Å²) in [5.74, 6) is 0.222. The highest BCUT2D eigenvalue weighted by Gasteiger charge is 2.52. The van der Waals surface area contributed by atoms with Crippen molar-refractivity contribution in [2.24, 2.45) is 11.8 Å². The predicted octanol–water partition coefficient (Wildman–Crippen LogP) is 3.82. The number of aliphatic hydroxyl groups is 1. The molecule has 152 valence electrons. The fraction of sp³-hybridized carbons (Fsp3) is 0.391. The number of nitrogens with one attached hydrogen (secondary N) is 2. The van der Waals surface area contributed by atoms with Gasteiger partial charge in [-0.05, 0) is 36.5 Å². The van der Waals surface area contributed by atoms with Gasteiger partial charge in [-0.25, -0.2) is 4.79 Å². The van der Waals surface area contributed by atoms with E-state index in [1.807, 2.05) is 6.07 Å². The molecular weight excluding hydrogens is 366 g/mol. The number of carbonyl (C=O) groups excluding carboxylic acids is 2. The Morgan fingerprint density at radius 1 is 1.10 bits per heavy atom. The standard InChI is InChI=1S/C23H27N3O3/c1-15-9-8-14-19(16(15)2)24-21(27)23(29)18-12-6-7-13-20(18)25-22(28)26(23)17-10-4-3-5-11-17/h3-7,10-13,15-16,19,29H,8-9,14H2,1-2H3,(H,24,27)(H,25,28)/t15-,16+,19+,23+/m0/s1. The number of benzene rings is 2. The third-order valence-electron chi connectivity index (χ3n) is 6.43. The Bertz CT molecular complexity index is 917. The highest BCUT2D eigenvalue weighted by Crippen LogP contribution is 2.40. The summed E-state index contributed by atoms with van der Waals surface area (Å²) in [7, 11) is 0. The van der Waals surface area contributed by atoms with Crippen LogP contribution in [0.3, 0.4) is 0 Å². The van der Waals surface area contributed by atoms with Gasteiger partial charge in [-0.2, -0.15) is 0 Å². The molecule has 6 nitrogen and oxygen atoms in total. The smallest absolute Gasteiger partial charge is 0.329 e. The SMILES string of the molecule is C[C@@H]1[C@@H](C)CCC[C@H]1NC(=O)[C@]1(O)c2ccccc2NC(=O)N1c1ccccc1. The van der Waals surface area contributed by atoms with E-state index in [1.54, 1.807) is 48.5 Å². The molecule has 0 bridgehead atoms. The van der Waals surface area contributed by atoms with Crippen molar-refractivity contribution in [2.75, 3.05) is 10.2 Å². The van der Waals surface area contributed by atoms with Crippen LogP contribution in [-0.2, 0) is 10.5 Å². The van der Waals surface area contributed by atoms with Crippen molar-refractivity contribution in [2.45, 2.75) is 44.9 Å². The van der Waals surface area contributed by atoms with E-state index in [0.29, 0.717) is 28.8 Å². The number of amides is 3. The number of para-hydroxylation sites is 2. The molecule has 29 heavy (non-hydrogen) atoms. The Labute approximate surface area is 170 Å². The molecule has 0 unspecified atom stereocenters. The largest absolute Gasteiger partial charge is 0.359 e. The lowest BCUT2D eigenvalue weighted by Gasteiger charge is -2.44. The first-order chi connectivity index (χ1) is 13.9. The fourth-order valence-corrected chi connectivity index (χ4v) is 4.49.